The quantitative estimate of drug-likeness (QED) is 0.648. The van der Waals surface area contributed by atoms with E-state index in [2.05, 4.69) is 14.7 Å². The molecule has 76 valence electrons. The number of aromatic nitrogens is 2. The summed E-state index contributed by atoms with van der Waals surface area (Å²) in [6.07, 6.45) is 1.48. The minimum Gasteiger partial charge on any atom is -0.465 e. The van der Waals surface area contributed by atoms with Crippen molar-refractivity contribution in [1.29, 1.82) is 0 Å². The molecule has 0 fully saturated rings. The maximum atomic E-state index is 11.3. The first-order valence-electron chi connectivity index (χ1n) is 4.15. The Labute approximate surface area is 82.7 Å². The Kier molecular flexibility index (Phi) is 3.01. The van der Waals surface area contributed by atoms with E-state index in [1.807, 2.05) is 14.1 Å². The van der Waals surface area contributed by atoms with Gasteiger partial charge in [-0.3, -0.25) is 0 Å². The van der Waals surface area contributed by atoms with Gasteiger partial charge in [0, 0.05) is 20.3 Å². The maximum absolute atomic E-state index is 11.3. The zero-order valence-corrected chi connectivity index (χ0v) is 8.74. The number of aryl methyl sites for hydroxylation is 1. The minimum absolute atomic E-state index is 0.378. The van der Waals surface area contributed by atoms with Crippen LogP contribution in [0, 0.1) is 6.92 Å². The molecular weight excluding hydrogens is 182 g/mol. The van der Waals surface area contributed by atoms with Crippen LogP contribution in [0.5, 0.6) is 0 Å². The third kappa shape index (κ3) is 1.99. The Morgan fingerprint density at radius 2 is 2.14 bits per heavy atom. The molecule has 0 saturated heterocycles. The summed E-state index contributed by atoms with van der Waals surface area (Å²) in [6.45, 7) is 1.77. The molecule has 5 heteroatoms. The normalized spacial score (nSPS) is 9.71. The van der Waals surface area contributed by atoms with Crippen LogP contribution in [-0.4, -0.2) is 37.1 Å². The molecular formula is C9H13N3O2. The molecule has 0 N–H and O–H groups in total. The largest absolute Gasteiger partial charge is 0.465 e. The topological polar surface area (TPSA) is 55.3 Å². The molecule has 14 heavy (non-hydrogen) atoms. The van der Waals surface area contributed by atoms with E-state index in [1.54, 1.807) is 11.8 Å². The molecule has 0 unspecified atom stereocenters. The van der Waals surface area contributed by atoms with E-state index in [1.165, 1.54) is 13.3 Å². The Morgan fingerprint density at radius 1 is 1.50 bits per heavy atom. The van der Waals surface area contributed by atoms with Crippen molar-refractivity contribution in [3.63, 3.8) is 0 Å². The fourth-order valence-electron chi connectivity index (χ4n) is 1.05. The van der Waals surface area contributed by atoms with Crippen molar-refractivity contribution >= 4 is 11.8 Å². The van der Waals surface area contributed by atoms with Gasteiger partial charge >= 0.3 is 5.97 Å². The molecule has 1 aromatic rings. The lowest BCUT2D eigenvalue weighted by Crippen LogP contribution is -2.17. The van der Waals surface area contributed by atoms with Crippen LogP contribution in [-0.2, 0) is 4.74 Å². The molecule has 0 atom stereocenters. The fraction of sp³-hybridized carbons (Fsp3) is 0.444. The molecule has 1 aromatic heterocycles. The lowest BCUT2D eigenvalue weighted by Gasteiger charge is -2.14. The number of ether oxygens (including phenoxy) is 1. The molecule has 0 bridgehead atoms. The van der Waals surface area contributed by atoms with Crippen LogP contribution in [0.2, 0.25) is 0 Å². The van der Waals surface area contributed by atoms with Crippen molar-refractivity contribution in [2.75, 3.05) is 26.1 Å². The zero-order chi connectivity index (χ0) is 10.7. The highest BCUT2D eigenvalue weighted by Crippen LogP contribution is 2.15. The number of hydrogen-bond donors (Lipinski definition) is 0. The predicted octanol–water partition coefficient (Wildman–Crippen LogP) is 0.638. The summed E-state index contributed by atoms with van der Waals surface area (Å²) in [5.74, 6) is 0.777. The first-order valence-corrected chi connectivity index (χ1v) is 4.15. The number of carbonyl (C=O) groups is 1. The Bertz CT molecular complexity index is 350. The third-order valence-electron chi connectivity index (χ3n) is 1.72. The van der Waals surface area contributed by atoms with Crippen LogP contribution in [0.4, 0.5) is 5.82 Å². The van der Waals surface area contributed by atoms with Gasteiger partial charge in [0.15, 0.2) is 0 Å². The number of methoxy groups -OCH3 is 1. The van der Waals surface area contributed by atoms with Crippen molar-refractivity contribution in [3.05, 3.63) is 17.6 Å². The van der Waals surface area contributed by atoms with Crippen LogP contribution in [0.1, 0.15) is 16.2 Å². The Morgan fingerprint density at radius 3 is 2.64 bits per heavy atom. The molecule has 0 saturated carbocycles. The molecule has 0 aliphatic rings. The SMILES string of the molecule is COC(=O)c1cnc(C)nc1N(C)C. The van der Waals surface area contributed by atoms with Crippen molar-refractivity contribution in [3.8, 4) is 0 Å². The average Bonchev–Trinajstić information content (AvgIpc) is 2.16. The standard InChI is InChI=1S/C9H13N3O2/c1-6-10-5-7(9(13)14-4)8(11-6)12(2)3/h5H,1-4H3. The first kappa shape index (κ1) is 10.4. The summed E-state index contributed by atoms with van der Waals surface area (Å²) < 4.78 is 4.62. The molecule has 0 aromatic carbocycles. The van der Waals surface area contributed by atoms with Crippen LogP contribution in [0.25, 0.3) is 0 Å². The number of hydrogen-bond acceptors (Lipinski definition) is 5. The first-order chi connectivity index (χ1) is 6.56. The highest BCUT2D eigenvalue weighted by atomic mass is 16.5. The Hall–Kier alpha value is -1.65. The van der Waals surface area contributed by atoms with E-state index in [0.717, 1.165) is 0 Å². The van der Waals surface area contributed by atoms with Gasteiger partial charge in [-0.15, -0.1) is 0 Å². The van der Waals surface area contributed by atoms with Gasteiger partial charge in [0.05, 0.1) is 7.11 Å². The average molecular weight is 195 g/mol. The highest BCUT2D eigenvalue weighted by Gasteiger charge is 2.15. The molecule has 0 aliphatic heterocycles. The monoisotopic (exact) mass is 195 g/mol. The van der Waals surface area contributed by atoms with E-state index >= 15 is 0 Å². The van der Waals surface area contributed by atoms with Crippen molar-refractivity contribution in [1.82, 2.24) is 9.97 Å². The van der Waals surface area contributed by atoms with Gasteiger partial charge < -0.3 is 9.64 Å². The molecule has 0 amide bonds. The predicted molar refractivity (Wildman–Crippen MR) is 52.4 cm³/mol. The fourth-order valence-corrected chi connectivity index (χ4v) is 1.05. The molecule has 0 radical (unpaired) electrons. The number of esters is 1. The van der Waals surface area contributed by atoms with E-state index < -0.39 is 5.97 Å². The lowest BCUT2D eigenvalue weighted by atomic mass is 10.3. The van der Waals surface area contributed by atoms with Crippen LogP contribution < -0.4 is 4.90 Å². The van der Waals surface area contributed by atoms with E-state index in [4.69, 9.17) is 0 Å². The molecule has 5 nitrogen and oxygen atoms in total. The summed E-state index contributed by atoms with van der Waals surface area (Å²) in [6, 6.07) is 0. The number of anilines is 1. The van der Waals surface area contributed by atoms with Crippen molar-refractivity contribution < 1.29 is 9.53 Å². The minimum atomic E-state index is -0.422. The Balaban J connectivity index is 3.21. The van der Waals surface area contributed by atoms with Gasteiger partial charge in [-0.2, -0.15) is 0 Å². The molecule has 0 spiro atoms. The van der Waals surface area contributed by atoms with Crippen LogP contribution in [0.15, 0.2) is 6.20 Å². The molecule has 1 rings (SSSR count). The summed E-state index contributed by atoms with van der Waals surface area (Å²) in [5.41, 5.74) is 0.378. The lowest BCUT2D eigenvalue weighted by molar-refractivity contribution is 0.0600. The van der Waals surface area contributed by atoms with Gasteiger partial charge in [0.25, 0.3) is 0 Å². The highest BCUT2D eigenvalue weighted by molar-refractivity contribution is 5.94. The van der Waals surface area contributed by atoms with Gasteiger partial charge in [-0.1, -0.05) is 0 Å². The van der Waals surface area contributed by atoms with Crippen molar-refractivity contribution in [2.45, 2.75) is 6.92 Å². The third-order valence-corrected chi connectivity index (χ3v) is 1.72. The van der Waals surface area contributed by atoms with Crippen LogP contribution >= 0.6 is 0 Å². The zero-order valence-electron chi connectivity index (χ0n) is 8.74. The second-order valence-electron chi connectivity index (χ2n) is 3.04. The van der Waals surface area contributed by atoms with E-state index in [9.17, 15) is 4.79 Å². The summed E-state index contributed by atoms with van der Waals surface area (Å²) in [7, 11) is 4.96. The molecule has 0 aliphatic carbocycles. The van der Waals surface area contributed by atoms with Crippen LogP contribution in [0.3, 0.4) is 0 Å². The summed E-state index contributed by atoms with van der Waals surface area (Å²) in [5, 5.41) is 0. The van der Waals surface area contributed by atoms with Gasteiger partial charge in [0.1, 0.15) is 17.2 Å². The second-order valence-corrected chi connectivity index (χ2v) is 3.04. The maximum Gasteiger partial charge on any atom is 0.343 e. The molecule has 1 heterocycles. The number of rotatable bonds is 2. The number of nitrogens with zero attached hydrogens (tertiary/aromatic N) is 3. The smallest absolute Gasteiger partial charge is 0.343 e. The summed E-state index contributed by atoms with van der Waals surface area (Å²) >= 11 is 0. The number of carbonyl (C=O) groups excluding carboxylic acids is 1. The summed E-state index contributed by atoms with van der Waals surface area (Å²) in [4.78, 5) is 21.2. The van der Waals surface area contributed by atoms with Gasteiger partial charge in [-0.05, 0) is 6.92 Å². The van der Waals surface area contributed by atoms with Crippen molar-refractivity contribution in [2.24, 2.45) is 0 Å². The second kappa shape index (κ2) is 4.04. The van der Waals surface area contributed by atoms with Gasteiger partial charge in [0.2, 0.25) is 0 Å². The van der Waals surface area contributed by atoms with Gasteiger partial charge in [-0.25, -0.2) is 14.8 Å². The van der Waals surface area contributed by atoms with E-state index in [0.29, 0.717) is 17.2 Å². The van der Waals surface area contributed by atoms with E-state index in [-0.39, 0.29) is 0 Å².